The van der Waals surface area contributed by atoms with Crippen molar-refractivity contribution in [2.75, 3.05) is 5.32 Å². The van der Waals surface area contributed by atoms with Crippen LogP contribution in [0.5, 0.6) is 0 Å². The molecule has 0 radical (unpaired) electrons. The molecule has 0 aliphatic rings. The largest absolute Gasteiger partial charge is 0.443 e. The van der Waals surface area contributed by atoms with Gasteiger partial charge >= 0.3 is 11.8 Å². The van der Waals surface area contributed by atoms with E-state index < -0.39 is 5.76 Å². The SMILES string of the molecule is CC(C)(C)Nc1nn(-c2ccccc2)c(=O)o1. The minimum atomic E-state index is -0.497. The maximum atomic E-state index is 11.6. The topological polar surface area (TPSA) is 60.1 Å². The van der Waals surface area contributed by atoms with Gasteiger partial charge in [-0.1, -0.05) is 18.2 Å². The molecule has 17 heavy (non-hydrogen) atoms. The zero-order chi connectivity index (χ0) is 12.5. The maximum absolute atomic E-state index is 11.6. The van der Waals surface area contributed by atoms with Crippen LogP contribution < -0.4 is 11.1 Å². The monoisotopic (exact) mass is 233 g/mol. The smallest absolute Gasteiger partial charge is 0.373 e. The highest BCUT2D eigenvalue weighted by Crippen LogP contribution is 2.11. The van der Waals surface area contributed by atoms with Crippen molar-refractivity contribution in [3.8, 4) is 5.69 Å². The van der Waals surface area contributed by atoms with Crippen LogP contribution in [0.3, 0.4) is 0 Å². The molecule has 2 rings (SSSR count). The Morgan fingerprint density at radius 3 is 2.47 bits per heavy atom. The molecule has 0 bridgehead atoms. The van der Waals surface area contributed by atoms with Crippen LogP contribution in [0, 0.1) is 0 Å². The summed E-state index contributed by atoms with van der Waals surface area (Å²) in [5, 5.41) is 7.11. The van der Waals surface area contributed by atoms with Crippen LogP contribution in [0.4, 0.5) is 6.01 Å². The third-order valence-corrected chi connectivity index (χ3v) is 2.03. The summed E-state index contributed by atoms with van der Waals surface area (Å²) in [7, 11) is 0. The van der Waals surface area contributed by atoms with E-state index in [1.165, 1.54) is 4.68 Å². The minimum Gasteiger partial charge on any atom is -0.373 e. The Balaban J connectivity index is 2.36. The highest BCUT2D eigenvalue weighted by Gasteiger charge is 2.15. The van der Waals surface area contributed by atoms with Gasteiger partial charge in [0.15, 0.2) is 0 Å². The summed E-state index contributed by atoms with van der Waals surface area (Å²) in [6.45, 7) is 5.90. The van der Waals surface area contributed by atoms with Crippen molar-refractivity contribution in [3.63, 3.8) is 0 Å². The van der Waals surface area contributed by atoms with Gasteiger partial charge in [0, 0.05) is 5.54 Å². The molecule has 0 amide bonds. The fourth-order valence-corrected chi connectivity index (χ4v) is 1.38. The van der Waals surface area contributed by atoms with Crippen molar-refractivity contribution >= 4 is 6.01 Å². The third-order valence-electron chi connectivity index (χ3n) is 2.03. The van der Waals surface area contributed by atoms with Crippen LogP contribution in [0.2, 0.25) is 0 Å². The van der Waals surface area contributed by atoms with Gasteiger partial charge in [-0.3, -0.25) is 0 Å². The van der Waals surface area contributed by atoms with Gasteiger partial charge in [-0.25, -0.2) is 4.79 Å². The molecule has 1 aromatic carbocycles. The Kier molecular flexibility index (Phi) is 2.75. The third kappa shape index (κ3) is 2.75. The number of hydrogen-bond donors (Lipinski definition) is 1. The van der Waals surface area contributed by atoms with Crippen LogP contribution in [0.25, 0.3) is 5.69 Å². The van der Waals surface area contributed by atoms with E-state index in [4.69, 9.17) is 4.42 Å². The lowest BCUT2D eigenvalue weighted by atomic mass is 10.1. The van der Waals surface area contributed by atoms with E-state index in [1.54, 1.807) is 12.1 Å². The average molecular weight is 233 g/mol. The second-order valence-electron chi connectivity index (χ2n) is 4.80. The molecule has 0 aliphatic carbocycles. The average Bonchev–Trinajstić information content (AvgIpc) is 2.58. The summed E-state index contributed by atoms with van der Waals surface area (Å²) in [4.78, 5) is 11.6. The van der Waals surface area contributed by atoms with Crippen molar-refractivity contribution in [1.82, 2.24) is 9.78 Å². The standard InChI is InChI=1S/C12H15N3O2/c1-12(2,3)13-10-14-15(11(16)17-10)9-7-5-4-6-8-9/h4-8H,1-3H3,(H,13,14). The highest BCUT2D eigenvalue weighted by molar-refractivity contribution is 5.31. The summed E-state index contributed by atoms with van der Waals surface area (Å²) in [5.41, 5.74) is 0.481. The lowest BCUT2D eigenvalue weighted by Gasteiger charge is -2.17. The maximum Gasteiger partial charge on any atom is 0.443 e. The van der Waals surface area contributed by atoms with Crippen molar-refractivity contribution in [3.05, 3.63) is 40.9 Å². The van der Waals surface area contributed by atoms with Crippen LogP contribution in [-0.2, 0) is 0 Å². The van der Waals surface area contributed by atoms with Crippen molar-refractivity contribution in [2.24, 2.45) is 0 Å². The fourth-order valence-electron chi connectivity index (χ4n) is 1.38. The minimum absolute atomic E-state index is 0.203. The second-order valence-corrected chi connectivity index (χ2v) is 4.80. The van der Waals surface area contributed by atoms with E-state index in [1.807, 2.05) is 39.0 Å². The lowest BCUT2D eigenvalue weighted by molar-refractivity contribution is 0.494. The highest BCUT2D eigenvalue weighted by atomic mass is 16.4. The van der Waals surface area contributed by atoms with Gasteiger partial charge in [0.25, 0.3) is 0 Å². The molecule has 0 atom stereocenters. The molecule has 0 spiro atoms. The molecule has 90 valence electrons. The quantitative estimate of drug-likeness (QED) is 0.862. The first-order chi connectivity index (χ1) is 7.96. The molecular weight excluding hydrogens is 218 g/mol. The molecule has 0 fully saturated rings. The molecule has 0 saturated heterocycles. The number of hydrogen-bond acceptors (Lipinski definition) is 4. The molecule has 1 aromatic heterocycles. The number of aromatic nitrogens is 2. The van der Waals surface area contributed by atoms with E-state index in [0.29, 0.717) is 5.69 Å². The fraction of sp³-hybridized carbons (Fsp3) is 0.333. The molecular formula is C12H15N3O2. The van der Waals surface area contributed by atoms with Gasteiger partial charge in [0.05, 0.1) is 5.69 Å². The number of rotatable bonds is 2. The predicted octanol–water partition coefficient (Wildman–Crippen LogP) is 2.04. The molecule has 0 unspecified atom stereocenters. The number of anilines is 1. The Hall–Kier alpha value is -2.04. The Labute approximate surface area is 99.1 Å². The lowest BCUT2D eigenvalue weighted by Crippen LogP contribution is -2.26. The molecule has 2 aromatic rings. The van der Waals surface area contributed by atoms with Gasteiger partial charge in [0.2, 0.25) is 0 Å². The number of benzene rings is 1. The molecule has 0 saturated carbocycles. The number of para-hydroxylation sites is 1. The zero-order valence-corrected chi connectivity index (χ0v) is 10.1. The molecule has 1 heterocycles. The second kappa shape index (κ2) is 4.08. The Bertz CT molecular complexity index is 549. The molecule has 0 aliphatic heterocycles. The first kappa shape index (κ1) is 11.4. The summed E-state index contributed by atoms with van der Waals surface area (Å²) < 4.78 is 6.26. The zero-order valence-electron chi connectivity index (χ0n) is 10.1. The van der Waals surface area contributed by atoms with Gasteiger partial charge in [0.1, 0.15) is 0 Å². The van der Waals surface area contributed by atoms with E-state index in [-0.39, 0.29) is 11.6 Å². The Morgan fingerprint density at radius 1 is 1.24 bits per heavy atom. The van der Waals surface area contributed by atoms with Gasteiger partial charge in [-0.05, 0) is 32.9 Å². The van der Waals surface area contributed by atoms with E-state index in [0.717, 1.165) is 0 Å². The van der Waals surface area contributed by atoms with Gasteiger partial charge < -0.3 is 9.73 Å². The first-order valence-electron chi connectivity index (χ1n) is 5.39. The van der Waals surface area contributed by atoms with Crippen molar-refractivity contribution in [2.45, 2.75) is 26.3 Å². The van der Waals surface area contributed by atoms with Crippen molar-refractivity contribution in [1.29, 1.82) is 0 Å². The summed E-state index contributed by atoms with van der Waals surface area (Å²) >= 11 is 0. The van der Waals surface area contributed by atoms with Crippen LogP contribution >= 0.6 is 0 Å². The summed E-state index contributed by atoms with van der Waals surface area (Å²) in [5.74, 6) is -0.497. The molecule has 5 nitrogen and oxygen atoms in total. The van der Waals surface area contributed by atoms with Gasteiger partial charge in [-0.15, -0.1) is 5.10 Å². The first-order valence-corrected chi connectivity index (χ1v) is 5.39. The Morgan fingerprint density at radius 2 is 1.88 bits per heavy atom. The van der Waals surface area contributed by atoms with E-state index >= 15 is 0 Å². The summed E-state index contributed by atoms with van der Waals surface area (Å²) in [6, 6.07) is 9.38. The van der Waals surface area contributed by atoms with E-state index in [9.17, 15) is 4.79 Å². The van der Waals surface area contributed by atoms with Crippen molar-refractivity contribution < 1.29 is 4.42 Å². The predicted molar refractivity (Wildman–Crippen MR) is 65.5 cm³/mol. The molecule has 5 heteroatoms. The van der Waals surface area contributed by atoms with E-state index in [2.05, 4.69) is 10.4 Å². The van der Waals surface area contributed by atoms with Crippen LogP contribution in [0.15, 0.2) is 39.5 Å². The van der Waals surface area contributed by atoms with Gasteiger partial charge in [-0.2, -0.15) is 4.68 Å². The number of nitrogens with zero attached hydrogens (tertiary/aromatic N) is 2. The normalized spacial score (nSPS) is 11.5. The number of nitrogens with one attached hydrogen (secondary N) is 1. The van der Waals surface area contributed by atoms with Crippen LogP contribution in [0.1, 0.15) is 20.8 Å². The van der Waals surface area contributed by atoms with Crippen LogP contribution in [-0.4, -0.2) is 15.3 Å². The summed E-state index contributed by atoms with van der Waals surface area (Å²) in [6.07, 6.45) is 0. The molecule has 1 N–H and O–H groups in total.